The zero-order valence-corrected chi connectivity index (χ0v) is 39.9. The lowest BCUT2D eigenvalue weighted by Gasteiger charge is -2.53. The zero-order valence-electron chi connectivity index (χ0n) is 39.9. The highest BCUT2D eigenvalue weighted by molar-refractivity contribution is 5.64. The molecule has 7 aliphatic rings. The Balaban J connectivity index is 0.964. The van der Waals surface area contributed by atoms with E-state index in [1.807, 2.05) is 18.5 Å². The van der Waals surface area contributed by atoms with Crippen molar-refractivity contribution in [1.82, 2.24) is 10.3 Å². The van der Waals surface area contributed by atoms with Crippen molar-refractivity contribution < 1.29 is 49.6 Å². The van der Waals surface area contributed by atoms with Gasteiger partial charge in [0, 0.05) is 67.6 Å². The molecular weight excluding hydrogens is 849 g/mol. The quantitative estimate of drug-likeness (QED) is 0.0721. The second-order valence-corrected chi connectivity index (χ2v) is 22.1. The van der Waals surface area contributed by atoms with Gasteiger partial charge in [-0.1, -0.05) is 12.1 Å². The van der Waals surface area contributed by atoms with Crippen LogP contribution in [0.2, 0.25) is 0 Å². The number of hydrogen-bond acceptors (Lipinski definition) is 11. The molecule has 15 unspecified atom stereocenters. The minimum absolute atomic E-state index is 0.0656. The number of aromatic nitrogens is 1. The Morgan fingerprint density at radius 2 is 1.67 bits per heavy atom. The summed E-state index contributed by atoms with van der Waals surface area (Å²) in [4.78, 5) is 3.09. The third-order valence-corrected chi connectivity index (χ3v) is 18.5. The van der Waals surface area contributed by atoms with Crippen LogP contribution in [-0.2, 0) is 22.5 Å². The standard InChI is InChI=1S/C55H78N2O10/c1-3-65-20-16-37-8-4-36-24-40-35(25-44(36)57-37)6-10-39-45(59)13-18-55(63)17-12-31(28-55)15-21-66-47-11-7-33(23-41(47)50(39)40)34-5-9-38-46(60)27-49(67-48(38)26-34)51-42(22-32-14-19-56-29-32)54(64-2)53(62)52(61)43(51)30-58/h7,11,14,19,23,29,31,34-40,44-46,48-50,56-63H,3-6,8-10,12-13,15-18,20-22,24-28,30H2,1-2H3. The highest BCUT2D eigenvalue weighted by Gasteiger charge is 2.51. The number of ether oxygens (including phenoxy) is 4. The van der Waals surface area contributed by atoms with Gasteiger partial charge in [0.05, 0.1) is 50.3 Å². The first-order valence-electron chi connectivity index (χ1n) is 26.2. The topological polar surface area (TPSA) is 186 Å². The monoisotopic (exact) mass is 927 g/mol. The molecule has 0 amide bonds. The molecule has 3 aromatic rings. The molecule has 4 aliphatic carbocycles. The minimum atomic E-state index is -0.706. The number of phenols is 2. The third-order valence-electron chi connectivity index (χ3n) is 18.5. The maximum absolute atomic E-state index is 12.4. The Bertz CT molecular complexity index is 2150. The van der Waals surface area contributed by atoms with E-state index in [1.165, 1.54) is 37.5 Å². The Hall–Kier alpha value is -3.36. The van der Waals surface area contributed by atoms with Crippen LogP contribution < -0.4 is 14.8 Å². The lowest BCUT2D eigenvalue weighted by molar-refractivity contribution is -0.154. The lowest BCUT2D eigenvalue weighted by Crippen LogP contribution is -2.54. The summed E-state index contributed by atoms with van der Waals surface area (Å²) in [6.07, 6.45) is 17.2. The lowest BCUT2D eigenvalue weighted by atomic mass is 9.54. The van der Waals surface area contributed by atoms with Crippen molar-refractivity contribution in [3.05, 3.63) is 70.0 Å². The van der Waals surface area contributed by atoms with Crippen molar-refractivity contribution in [2.75, 3.05) is 26.9 Å². The Kier molecular flexibility index (Phi) is 14.2. The summed E-state index contributed by atoms with van der Waals surface area (Å²) in [5, 5.41) is 73.1. The molecule has 368 valence electrons. The Morgan fingerprint density at radius 3 is 2.48 bits per heavy atom. The minimum Gasteiger partial charge on any atom is -0.504 e. The van der Waals surface area contributed by atoms with Gasteiger partial charge in [-0.3, -0.25) is 0 Å². The van der Waals surface area contributed by atoms with E-state index in [4.69, 9.17) is 18.9 Å². The SMILES string of the molecule is CCOCCC1CCC2CC3C(CCC4C(O)CCC5(O)CCC(CCOc6ccc(C7CCC8C(O)CC(c9c(CO)c(O)c(O)c(OC)c9Cc9cc[nH]c9)OC8C7)cc6C43)C5)CC2N1. The van der Waals surface area contributed by atoms with E-state index in [0.717, 1.165) is 88.7 Å². The molecule has 12 heteroatoms. The van der Waals surface area contributed by atoms with Crippen molar-refractivity contribution in [1.29, 1.82) is 0 Å². The van der Waals surface area contributed by atoms with E-state index in [2.05, 4.69) is 35.4 Å². The van der Waals surface area contributed by atoms with E-state index in [-0.39, 0.29) is 41.1 Å². The van der Waals surface area contributed by atoms with Gasteiger partial charge in [0.15, 0.2) is 11.5 Å². The molecule has 6 fully saturated rings. The summed E-state index contributed by atoms with van der Waals surface area (Å²) >= 11 is 0. The van der Waals surface area contributed by atoms with Crippen molar-refractivity contribution in [2.24, 2.45) is 35.5 Å². The van der Waals surface area contributed by atoms with E-state index in [0.29, 0.717) is 85.6 Å². The number of nitrogens with one attached hydrogen (secondary N) is 2. The number of aliphatic hydroxyl groups excluding tert-OH is 3. The van der Waals surface area contributed by atoms with Crippen LogP contribution >= 0.6 is 0 Å². The molecule has 0 spiro atoms. The number of piperidine rings is 1. The predicted molar refractivity (Wildman–Crippen MR) is 254 cm³/mol. The normalized spacial score (nSPS) is 37.5. The number of methoxy groups -OCH3 is 1. The first-order chi connectivity index (χ1) is 32.5. The van der Waals surface area contributed by atoms with Gasteiger partial charge in [0.1, 0.15) is 5.75 Å². The van der Waals surface area contributed by atoms with E-state index in [9.17, 15) is 30.6 Å². The smallest absolute Gasteiger partial charge is 0.201 e. The van der Waals surface area contributed by atoms with Gasteiger partial charge in [-0.05, 0) is 185 Å². The van der Waals surface area contributed by atoms with Crippen LogP contribution in [0.1, 0.15) is 167 Å². The average Bonchev–Trinajstić information content (AvgIpc) is 4.00. The molecule has 2 bridgehead atoms. The van der Waals surface area contributed by atoms with Crippen LogP contribution in [0.4, 0.5) is 0 Å². The number of fused-ring (bicyclic) bond motifs is 9. The third kappa shape index (κ3) is 9.51. The molecule has 67 heavy (non-hydrogen) atoms. The number of rotatable bonds is 10. The van der Waals surface area contributed by atoms with Crippen molar-refractivity contribution in [3.63, 3.8) is 0 Å². The van der Waals surface area contributed by atoms with Crippen molar-refractivity contribution in [2.45, 2.75) is 183 Å². The van der Waals surface area contributed by atoms with Crippen LogP contribution in [0.3, 0.4) is 0 Å². The Morgan fingerprint density at radius 1 is 0.836 bits per heavy atom. The maximum Gasteiger partial charge on any atom is 0.201 e. The molecule has 10 rings (SSSR count). The fourth-order valence-electron chi connectivity index (χ4n) is 15.1. The predicted octanol–water partition coefficient (Wildman–Crippen LogP) is 8.43. The van der Waals surface area contributed by atoms with Gasteiger partial charge in [-0.25, -0.2) is 0 Å². The second kappa shape index (κ2) is 20.2. The molecule has 3 aliphatic heterocycles. The maximum atomic E-state index is 12.4. The molecule has 8 N–H and O–H groups in total. The number of aromatic amines is 1. The van der Waals surface area contributed by atoms with Crippen LogP contribution in [0.25, 0.3) is 0 Å². The van der Waals surface area contributed by atoms with Crippen LogP contribution in [-0.4, -0.2) is 98.6 Å². The number of hydrogen-bond donors (Lipinski definition) is 8. The fraction of sp³-hybridized carbons (Fsp3) is 0.709. The first kappa shape index (κ1) is 47.3. The van der Waals surface area contributed by atoms with Crippen molar-refractivity contribution in [3.8, 4) is 23.0 Å². The van der Waals surface area contributed by atoms with Crippen LogP contribution in [0, 0.1) is 35.5 Å². The molecule has 4 heterocycles. The summed E-state index contributed by atoms with van der Waals surface area (Å²) < 4.78 is 25.5. The fourth-order valence-corrected chi connectivity index (χ4v) is 15.1. The van der Waals surface area contributed by atoms with Gasteiger partial charge < -0.3 is 59.9 Å². The summed E-state index contributed by atoms with van der Waals surface area (Å²) in [6, 6.07) is 9.87. The number of aliphatic hydroxyl groups is 4. The van der Waals surface area contributed by atoms with Crippen LogP contribution in [0.15, 0.2) is 36.7 Å². The molecule has 0 radical (unpaired) electrons. The summed E-state index contributed by atoms with van der Waals surface area (Å²) in [5.74, 6) is 2.51. The molecule has 2 saturated heterocycles. The van der Waals surface area contributed by atoms with Crippen LogP contribution in [0.5, 0.6) is 23.0 Å². The zero-order chi connectivity index (χ0) is 46.4. The number of phenolic OH excluding ortho intramolecular Hbond substituents is 1. The molecule has 1 aromatic heterocycles. The second-order valence-electron chi connectivity index (χ2n) is 22.1. The molecule has 2 aromatic carbocycles. The highest BCUT2D eigenvalue weighted by atomic mass is 16.5. The van der Waals surface area contributed by atoms with Gasteiger partial charge in [0.2, 0.25) is 5.75 Å². The summed E-state index contributed by atoms with van der Waals surface area (Å²) in [5.41, 5.74) is 4.08. The molecule has 15 atom stereocenters. The first-order valence-corrected chi connectivity index (χ1v) is 26.2. The van der Waals surface area contributed by atoms with Crippen molar-refractivity contribution >= 4 is 0 Å². The van der Waals surface area contributed by atoms with E-state index in [1.54, 1.807) is 0 Å². The largest absolute Gasteiger partial charge is 0.504 e. The van der Waals surface area contributed by atoms with Gasteiger partial charge in [0.25, 0.3) is 0 Å². The molecule has 4 saturated carbocycles. The highest BCUT2D eigenvalue weighted by Crippen LogP contribution is 2.58. The van der Waals surface area contributed by atoms with E-state index < -0.39 is 42.0 Å². The number of H-pyrrole nitrogens is 1. The average molecular weight is 927 g/mol. The number of benzene rings is 2. The van der Waals surface area contributed by atoms with Gasteiger partial charge >= 0.3 is 0 Å². The Labute approximate surface area is 397 Å². The summed E-state index contributed by atoms with van der Waals surface area (Å²) in [7, 11) is 1.46. The van der Waals surface area contributed by atoms with Gasteiger partial charge in [-0.15, -0.1) is 0 Å². The molecule has 12 nitrogen and oxygen atoms in total. The van der Waals surface area contributed by atoms with Gasteiger partial charge in [-0.2, -0.15) is 0 Å². The molecular formula is C55H78N2O10. The number of aromatic hydroxyl groups is 2. The summed E-state index contributed by atoms with van der Waals surface area (Å²) in [6.45, 7) is 3.73. The van der Waals surface area contributed by atoms with E-state index >= 15 is 0 Å².